The molecule has 0 atom stereocenters. The largest absolute Gasteiger partial charge is 0.417 e. The Labute approximate surface area is 109 Å². The van der Waals surface area contributed by atoms with Gasteiger partial charge in [-0.2, -0.15) is 17.5 Å². The molecule has 0 bridgehead atoms. The minimum Gasteiger partial charge on any atom is -0.399 e. The average molecular weight is 291 g/mol. The van der Waals surface area contributed by atoms with Crippen molar-refractivity contribution in [3.8, 4) is 0 Å². The van der Waals surface area contributed by atoms with E-state index in [9.17, 15) is 13.2 Å². The second-order valence-corrected chi connectivity index (χ2v) is 5.50. The van der Waals surface area contributed by atoms with Crippen molar-refractivity contribution >= 4 is 29.0 Å². The molecule has 3 nitrogen and oxygen atoms in total. The summed E-state index contributed by atoms with van der Waals surface area (Å²) in [7, 11) is 0. The molecule has 2 rings (SSSR count). The summed E-state index contributed by atoms with van der Waals surface area (Å²) >= 11 is 2.01. The number of nitrogens with two attached hydrogens (primary N) is 1. The van der Waals surface area contributed by atoms with Gasteiger partial charge in [-0.15, -0.1) is 0 Å². The Balaban J connectivity index is 2.38. The van der Waals surface area contributed by atoms with Crippen molar-refractivity contribution < 1.29 is 13.2 Å². The maximum Gasteiger partial charge on any atom is 0.417 e. The molecule has 1 aromatic heterocycles. The number of aryl methyl sites for hydroxylation is 1. The lowest BCUT2D eigenvalue weighted by atomic mass is 10.2. The summed E-state index contributed by atoms with van der Waals surface area (Å²) in [6, 6.07) is 3.71. The summed E-state index contributed by atoms with van der Waals surface area (Å²) in [6.07, 6.45) is -4.43. The highest BCUT2D eigenvalue weighted by atomic mass is 32.2. The van der Waals surface area contributed by atoms with E-state index in [4.69, 9.17) is 5.73 Å². The van der Waals surface area contributed by atoms with Crippen molar-refractivity contribution in [2.45, 2.75) is 22.3 Å². The zero-order valence-electron chi connectivity index (χ0n) is 9.15. The Morgan fingerprint density at radius 2 is 2.06 bits per heavy atom. The Hall–Kier alpha value is -1.28. The lowest BCUT2D eigenvalue weighted by Crippen LogP contribution is -2.07. The molecule has 0 aliphatic rings. The van der Waals surface area contributed by atoms with Crippen LogP contribution in [0.25, 0.3) is 0 Å². The third kappa shape index (κ3) is 2.94. The Morgan fingerprint density at radius 1 is 1.33 bits per heavy atom. The molecule has 1 aromatic carbocycles. The zero-order chi connectivity index (χ0) is 13.3. The molecule has 0 radical (unpaired) electrons. The summed E-state index contributed by atoms with van der Waals surface area (Å²) in [5, 5.41) is 0. The highest BCUT2D eigenvalue weighted by molar-refractivity contribution is 8.01. The second-order valence-electron chi connectivity index (χ2n) is 3.46. The van der Waals surface area contributed by atoms with E-state index in [0.29, 0.717) is 10.2 Å². The fourth-order valence-electron chi connectivity index (χ4n) is 1.27. The molecule has 96 valence electrons. The highest BCUT2D eigenvalue weighted by Gasteiger charge is 2.34. The third-order valence-corrected chi connectivity index (χ3v) is 3.93. The van der Waals surface area contributed by atoms with Crippen molar-refractivity contribution in [3.63, 3.8) is 0 Å². The molecule has 0 spiro atoms. The van der Waals surface area contributed by atoms with Crippen LogP contribution < -0.4 is 5.73 Å². The number of alkyl halides is 3. The molecule has 0 unspecified atom stereocenters. The predicted octanol–water partition coefficient (Wildman–Crippen LogP) is 3.60. The molecule has 2 N–H and O–H groups in total. The van der Waals surface area contributed by atoms with Crippen molar-refractivity contribution in [3.05, 3.63) is 29.6 Å². The first kappa shape index (κ1) is 13.2. The summed E-state index contributed by atoms with van der Waals surface area (Å²) in [5.74, 6) is 0.548. The fourth-order valence-corrected chi connectivity index (χ4v) is 3.01. The highest BCUT2D eigenvalue weighted by Crippen LogP contribution is 2.40. The third-order valence-electron chi connectivity index (χ3n) is 2.02. The van der Waals surface area contributed by atoms with Crippen molar-refractivity contribution in [1.82, 2.24) is 9.36 Å². The van der Waals surface area contributed by atoms with E-state index in [0.717, 1.165) is 29.4 Å². The van der Waals surface area contributed by atoms with Gasteiger partial charge in [0.1, 0.15) is 5.82 Å². The van der Waals surface area contributed by atoms with Crippen LogP contribution in [-0.2, 0) is 6.18 Å². The van der Waals surface area contributed by atoms with Crippen LogP contribution in [0.3, 0.4) is 0 Å². The van der Waals surface area contributed by atoms with Crippen molar-refractivity contribution in [2.75, 3.05) is 5.73 Å². The van der Waals surface area contributed by atoms with Crippen LogP contribution in [0, 0.1) is 6.92 Å². The van der Waals surface area contributed by atoms with E-state index in [1.165, 1.54) is 12.1 Å². The van der Waals surface area contributed by atoms with Crippen LogP contribution >= 0.6 is 23.3 Å². The number of hydrogen-bond donors (Lipinski definition) is 1. The van der Waals surface area contributed by atoms with Crippen LogP contribution in [0.15, 0.2) is 27.4 Å². The summed E-state index contributed by atoms with van der Waals surface area (Å²) < 4.78 is 42.9. The van der Waals surface area contributed by atoms with Crippen LogP contribution in [0.2, 0.25) is 0 Å². The van der Waals surface area contributed by atoms with Gasteiger partial charge >= 0.3 is 6.18 Å². The minimum absolute atomic E-state index is 0.0767. The average Bonchev–Trinajstić information content (AvgIpc) is 2.65. The number of hydrogen-bond acceptors (Lipinski definition) is 5. The first-order valence-electron chi connectivity index (χ1n) is 4.81. The number of nitrogens with zero attached hydrogens (tertiary/aromatic N) is 2. The van der Waals surface area contributed by atoms with E-state index >= 15 is 0 Å². The van der Waals surface area contributed by atoms with Gasteiger partial charge in [-0.05, 0) is 36.7 Å². The van der Waals surface area contributed by atoms with Gasteiger partial charge in [0, 0.05) is 10.6 Å². The van der Waals surface area contributed by atoms with Crippen LogP contribution in [0.4, 0.5) is 18.9 Å². The molecule has 0 aliphatic carbocycles. The predicted molar refractivity (Wildman–Crippen MR) is 64.6 cm³/mol. The van der Waals surface area contributed by atoms with Crippen LogP contribution in [0.1, 0.15) is 11.4 Å². The molecule has 0 saturated heterocycles. The Kier molecular flexibility index (Phi) is 3.49. The fraction of sp³-hybridized carbons (Fsp3) is 0.200. The molecule has 0 saturated carbocycles. The van der Waals surface area contributed by atoms with Crippen LogP contribution in [0.5, 0.6) is 0 Å². The molecule has 18 heavy (non-hydrogen) atoms. The van der Waals surface area contributed by atoms with Gasteiger partial charge in [-0.1, -0.05) is 11.8 Å². The first-order valence-corrected chi connectivity index (χ1v) is 6.40. The first-order chi connectivity index (χ1) is 8.36. The van der Waals surface area contributed by atoms with Gasteiger partial charge in [0.25, 0.3) is 0 Å². The summed E-state index contributed by atoms with van der Waals surface area (Å²) in [6.45, 7) is 1.69. The van der Waals surface area contributed by atoms with Crippen molar-refractivity contribution in [2.24, 2.45) is 0 Å². The molecule has 0 fully saturated rings. The summed E-state index contributed by atoms with van der Waals surface area (Å²) in [4.78, 5) is 4.10. The van der Waals surface area contributed by atoms with Gasteiger partial charge < -0.3 is 5.73 Å². The maximum atomic E-state index is 12.8. The molecular formula is C10H8F3N3S2. The number of benzene rings is 1. The molecule has 1 heterocycles. The number of halogens is 3. The topological polar surface area (TPSA) is 51.8 Å². The summed E-state index contributed by atoms with van der Waals surface area (Å²) in [5.41, 5.74) is 4.72. The van der Waals surface area contributed by atoms with Gasteiger partial charge in [-0.3, -0.25) is 0 Å². The zero-order valence-corrected chi connectivity index (χ0v) is 10.8. The van der Waals surface area contributed by atoms with Crippen LogP contribution in [-0.4, -0.2) is 9.36 Å². The number of rotatable bonds is 2. The molecular weight excluding hydrogens is 283 g/mol. The van der Waals surface area contributed by atoms with Gasteiger partial charge in [0.05, 0.1) is 5.56 Å². The molecule has 0 amide bonds. The van der Waals surface area contributed by atoms with E-state index in [1.807, 2.05) is 0 Å². The number of aromatic nitrogens is 2. The molecule has 0 aliphatic heterocycles. The van der Waals surface area contributed by atoms with E-state index < -0.39 is 11.7 Å². The smallest absolute Gasteiger partial charge is 0.399 e. The van der Waals surface area contributed by atoms with E-state index in [-0.39, 0.29) is 10.6 Å². The van der Waals surface area contributed by atoms with Gasteiger partial charge in [-0.25, -0.2) is 4.98 Å². The second kappa shape index (κ2) is 4.77. The van der Waals surface area contributed by atoms with Gasteiger partial charge in [0.2, 0.25) is 0 Å². The standard InChI is InChI=1S/C10H8F3N3S2/c1-5-15-9(18-16-5)17-8-3-2-6(14)4-7(8)10(11,12)13/h2-4H,14H2,1H3. The Bertz CT molecular complexity index is 566. The molecule has 2 aromatic rings. The lowest BCUT2D eigenvalue weighted by molar-refractivity contribution is -0.139. The lowest BCUT2D eigenvalue weighted by Gasteiger charge is -2.11. The number of nitrogen functional groups attached to an aromatic ring is 1. The van der Waals surface area contributed by atoms with Gasteiger partial charge in [0.15, 0.2) is 4.34 Å². The van der Waals surface area contributed by atoms with E-state index in [2.05, 4.69) is 9.36 Å². The van der Waals surface area contributed by atoms with Crippen molar-refractivity contribution in [1.29, 1.82) is 0 Å². The normalized spacial score (nSPS) is 11.8. The van der Waals surface area contributed by atoms with E-state index in [1.54, 1.807) is 6.92 Å². The quantitative estimate of drug-likeness (QED) is 0.859. The number of anilines is 1. The molecule has 8 heteroatoms. The Morgan fingerprint density at radius 3 is 2.61 bits per heavy atom. The maximum absolute atomic E-state index is 12.8. The minimum atomic E-state index is -4.43. The monoisotopic (exact) mass is 291 g/mol. The SMILES string of the molecule is Cc1nsc(Sc2ccc(N)cc2C(F)(F)F)n1.